The van der Waals surface area contributed by atoms with Gasteiger partial charge in [-0.25, -0.2) is 0 Å². The van der Waals surface area contributed by atoms with Gasteiger partial charge in [0.25, 0.3) is 0 Å². The highest BCUT2D eigenvalue weighted by Gasteiger charge is 2.04. The maximum absolute atomic E-state index is 11.3. The van der Waals surface area contributed by atoms with E-state index in [0.717, 1.165) is 32.2 Å². The average Bonchev–Trinajstić information content (AvgIpc) is 2.25. The molecule has 0 aliphatic carbocycles. The number of hydrogen-bond acceptors (Lipinski definition) is 2. The maximum Gasteiger partial charge on any atom is 0.220 e. The number of amides is 1. The Kier molecular flexibility index (Phi) is 8.90. The monoisotopic (exact) mass is 210 g/mol. The summed E-state index contributed by atoms with van der Waals surface area (Å²) in [6.45, 7) is 3.44. The van der Waals surface area contributed by atoms with E-state index < -0.39 is 0 Å². The van der Waals surface area contributed by atoms with Crippen molar-refractivity contribution in [3.8, 4) is 12.3 Å². The van der Waals surface area contributed by atoms with Crippen molar-refractivity contribution in [1.82, 2.24) is 5.32 Å². The van der Waals surface area contributed by atoms with Crippen LogP contribution in [-0.2, 0) is 4.79 Å². The Bertz CT molecular complexity index is 208. The third kappa shape index (κ3) is 9.30. The molecule has 0 rings (SSSR count). The molecule has 0 aliphatic heterocycles. The molecule has 0 aromatic rings. The van der Waals surface area contributed by atoms with Crippen LogP contribution in [0.3, 0.4) is 0 Å². The summed E-state index contributed by atoms with van der Waals surface area (Å²) in [6.07, 6.45) is 9.30. The van der Waals surface area contributed by atoms with Crippen molar-refractivity contribution < 1.29 is 4.79 Å². The van der Waals surface area contributed by atoms with Gasteiger partial charge in [-0.2, -0.15) is 0 Å². The van der Waals surface area contributed by atoms with Crippen molar-refractivity contribution in [2.75, 3.05) is 13.1 Å². The van der Waals surface area contributed by atoms with Crippen LogP contribution in [-0.4, -0.2) is 19.0 Å². The summed E-state index contributed by atoms with van der Waals surface area (Å²) in [5, 5.41) is 2.87. The van der Waals surface area contributed by atoms with Crippen molar-refractivity contribution in [2.24, 2.45) is 11.7 Å². The molecule has 0 saturated heterocycles. The third-order valence-electron chi connectivity index (χ3n) is 2.34. The molecule has 0 spiro atoms. The van der Waals surface area contributed by atoms with Crippen LogP contribution in [0.2, 0.25) is 0 Å². The van der Waals surface area contributed by atoms with Gasteiger partial charge in [0, 0.05) is 19.4 Å². The van der Waals surface area contributed by atoms with E-state index in [9.17, 15) is 4.79 Å². The quantitative estimate of drug-likeness (QED) is 0.468. The second-order valence-electron chi connectivity index (χ2n) is 3.89. The molecule has 1 unspecified atom stereocenters. The maximum atomic E-state index is 11.3. The molecule has 3 nitrogen and oxygen atoms in total. The summed E-state index contributed by atoms with van der Waals surface area (Å²) < 4.78 is 0. The average molecular weight is 210 g/mol. The number of carbonyl (C=O) groups excluding carboxylic acids is 1. The predicted molar refractivity (Wildman–Crippen MR) is 63.1 cm³/mol. The Morgan fingerprint density at radius 1 is 1.53 bits per heavy atom. The molecule has 0 aromatic carbocycles. The summed E-state index contributed by atoms with van der Waals surface area (Å²) in [7, 11) is 0. The van der Waals surface area contributed by atoms with E-state index in [0.29, 0.717) is 18.9 Å². The van der Waals surface area contributed by atoms with Crippen molar-refractivity contribution in [2.45, 2.75) is 39.0 Å². The Hall–Kier alpha value is -1.01. The van der Waals surface area contributed by atoms with Crippen molar-refractivity contribution in [3.63, 3.8) is 0 Å². The van der Waals surface area contributed by atoms with E-state index in [1.807, 2.05) is 0 Å². The lowest BCUT2D eigenvalue weighted by molar-refractivity contribution is -0.121. The molecule has 0 heterocycles. The van der Waals surface area contributed by atoms with Crippen molar-refractivity contribution in [3.05, 3.63) is 0 Å². The van der Waals surface area contributed by atoms with E-state index >= 15 is 0 Å². The molecule has 3 N–H and O–H groups in total. The number of carbonyl (C=O) groups is 1. The summed E-state index contributed by atoms with van der Waals surface area (Å²) in [6, 6.07) is 0. The van der Waals surface area contributed by atoms with Gasteiger partial charge in [-0.1, -0.05) is 6.92 Å². The number of rotatable bonds is 8. The minimum absolute atomic E-state index is 0.121. The molecule has 0 radical (unpaired) electrons. The van der Waals surface area contributed by atoms with Gasteiger partial charge in [0.1, 0.15) is 0 Å². The van der Waals surface area contributed by atoms with Gasteiger partial charge >= 0.3 is 0 Å². The number of nitrogens with one attached hydrogen (secondary N) is 1. The first-order chi connectivity index (χ1) is 7.20. The molecule has 3 heteroatoms. The van der Waals surface area contributed by atoms with Gasteiger partial charge in [-0.15, -0.1) is 12.3 Å². The Labute approximate surface area is 92.8 Å². The lowest BCUT2D eigenvalue weighted by atomic mass is 10.1. The number of hydrogen-bond donors (Lipinski definition) is 2. The molecule has 1 amide bonds. The molecule has 0 aliphatic rings. The highest BCUT2D eigenvalue weighted by atomic mass is 16.1. The van der Waals surface area contributed by atoms with E-state index in [1.165, 1.54) is 0 Å². The van der Waals surface area contributed by atoms with Crippen molar-refractivity contribution in [1.29, 1.82) is 0 Å². The lowest BCUT2D eigenvalue weighted by Crippen LogP contribution is -2.25. The van der Waals surface area contributed by atoms with Crippen LogP contribution in [0, 0.1) is 18.3 Å². The smallest absolute Gasteiger partial charge is 0.220 e. The van der Waals surface area contributed by atoms with Crippen LogP contribution in [0.25, 0.3) is 0 Å². The molecule has 0 fully saturated rings. The minimum atomic E-state index is 0.121. The van der Waals surface area contributed by atoms with E-state index in [1.54, 1.807) is 0 Å². The van der Waals surface area contributed by atoms with Crippen molar-refractivity contribution >= 4 is 5.91 Å². The fourth-order valence-electron chi connectivity index (χ4n) is 1.16. The molecule has 86 valence electrons. The molecule has 0 aromatic heterocycles. The van der Waals surface area contributed by atoms with Gasteiger partial charge in [0.05, 0.1) is 0 Å². The lowest BCUT2D eigenvalue weighted by Gasteiger charge is -2.08. The number of terminal acetylenes is 1. The highest BCUT2D eigenvalue weighted by Crippen LogP contribution is 2.02. The molecule has 1 atom stereocenters. The summed E-state index contributed by atoms with van der Waals surface area (Å²) >= 11 is 0. The molecule has 0 saturated carbocycles. The Morgan fingerprint density at radius 2 is 2.27 bits per heavy atom. The minimum Gasteiger partial charge on any atom is -0.356 e. The molecule has 15 heavy (non-hydrogen) atoms. The second kappa shape index (κ2) is 9.54. The zero-order valence-corrected chi connectivity index (χ0v) is 9.59. The van der Waals surface area contributed by atoms with Crippen LogP contribution in [0.1, 0.15) is 39.0 Å². The van der Waals surface area contributed by atoms with Gasteiger partial charge in [-0.3, -0.25) is 4.79 Å². The fourth-order valence-corrected chi connectivity index (χ4v) is 1.16. The largest absolute Gasteiger partial charge is 0.356 e. The second-order valence-corrected chi connectivity index (χ2v) is 3.89. The zero-order chi connectivity index (χ0) is 11.5. The van der Waals surface area contributed by atoms with Crippen LogP contribution in [0.4, 0.5) is 0 Å². The predicted octanol–water partition coefficient (Wildman–Crippen LogP) is 1.28. The first kappa shape index (κ1) is 14.0. The SMILES string of the molecule is C#CCCCCNC(=O)CCC(C)CN. The Balaban J connectivity index is 3.30. The molecule has 0 bridgehead atoms. The third-order valence-corrected chi connectivity index (χ3v) is 2.34. The van der Waals surface area contributed by atoms with Crippen LogP contribution < -0.4 is 11.1 Å². The Morgan fingerprint density at radius 3 is 2.87 bits per heavy atom. The number of nitrogens with two attached hydrogens (primary N) is 1. The van der Waals surface area contributed by atoms with Gasteiger partial charge < -0.3 is 11.1 Å². The summed E-state index contributed by atoms with van der Waals surface area (Å²) in [4.78, 5) is 11.3. The molecular formula is C12H22N2O. The van der Waals surface area contributed by atoms with E-state index in [4.69, 9.17) is 12.2 Å². The first-order valence-corrected chi connectivity index (χ1v) is 5.61. The zero-order valence-electron chi connectivity index (χ0n) is 9.59. The van der Waals surface area contributed by atoms with Crippen LogP contribution >= 0.6 is 0 Å². The summed E-state index contributed by atoms with van der Waals surface area (Å²) in [5.74, 6) is 3.13. The number of unbranched alkanes of at least 4 members (excludes halogenated alkanes) is 2. The van der Waals surface area contributed by atoms with E-state index in [2.05, 4.69) is 18.2 Å². The van der Waals surface area contributed by atoms with Gasteiger partial charge in [-0.05, 0) is 31.7 Å². The first-order valence-electron chi connectivity index (χ1n) is 5.61. The highest BCUT2D eigenvalue weighted by molar-refractivity contribution is 5.75. The topological polar surface area (TPSA) is 55.1 Å². The normalized spacial score (nSPS) is 11.8. The molecular weight excluding hydrogens is 188 g/mol. The standard InChI is InChI=1S/C12H22N2O/c1-3-4-5-6-9-14-12(15)8-7-11(2)10-13/h1,11H,4-10,13H2,2H3,(H,14,15). The summed E-state index contributed by atoms with van der Waals surface area (Å²) in [5.41, 5.74) is 5.46. The van der Waals surface area contributed by atoms with Gasteiger partial charge in [0.15, 0.2) is 0 Å². The van der Waals surface area contributed by atoms with Crippen LogP contribution in [0.15, 0.2) is 0 Å². The fraction of sp³-hybridized carbons (Fsp3) is 0.750. The van der Waals surface area contributed by atoms with E-state index in [-0.39, 0.29) is 5.91 Å². The van der Waals surface area contributed by atoms with Gasteiger partial charge in [0.2, 0.25) is 5.91 Å². The van der Waals surface area contributed by atoms with Crippen LogP contribution in [0.5, 0.6) is 0 Å².